The lowest BCUT2D eigenvalue weighted by Crippen LogP contribution is -2.03. The first-order valence-electron chi connectivity index (χ1n) is 19.6. The van der Waals surface area contributed by atoms with Crippen molar-refractivity contribution in [1.82, 2.24) is 19.1 Å². The SMILES string of the molecule is c1ccc2c(c1)-c1ccccc1-n1c3ccccc3c3cc4c(c-2c31)c1ccccc1n4-c1nc(-c2cccc3c2sc2ccccc23)c2c(n1)sc1ccccc12. The minimum Gasteiger partial charge on any atom is -0.308 e. The highest BCUT2D eigenvalue weighted by Gasteiger charge is 2.30. The van der Waals surface area contributed by atoms with Crippen LogP contribution in [0.3, 0.4) is 0 Å². The lowest BCUT2D eigenvalue weighted by atomic mass is 9.91. The highest BCUT2D eigenvalue weighted by atomic mass is 32.1. The largest absolute Gasteiger partial charge is 0.308 e. The first kappa shape index (κ1) is 31.0. The third-order valence-electron chi connectivity index (χ3n) is 12.3. The topological polar surface area (TPSA) is 35.6 Å². The van der Waals surface area contributed by atoms with E-state index in [-0.39, 0.29) is 0 Å². The molecule has 0 unspecified atom stereocenters. The number of thiophene rings is 2. The van der Waals surface area contributed by atoms with E-state index >= 15 is 0 Å². The average molecular weight is 773 g/mol. The molecule has 0 spiro atoms. The molecule has 1 aliphatic rings. The smallest absolute Gasteiger partial charge is 0.236 e. The number of aromatic nitrogens is 4. The zero-order valence-corrected chi connectivity index (χ0v) is 32.4. The fraction of sp³-hybridized carbons (Fsp3) is 0. The number of fused-ring (bicyclic) bond motifs is 18. The van der Waals surface area contributed by atoms with Crippen molar-refractivity contribution < 1.29 is 0 Å². The van der Waals surface area contributed by atoms with E-state index in [1.807, 2.05) is 11.3 Å². The van der Waals surface area contributed by atoms with Crippen LogP contribution < -0.4 is 0 Å². The zero-order chi connectivity index (χ0) is 37.6. The van der Waals surface area contributed by atoms with Crippen molar-refractivity contribution in [3.05, 3.63) is 170 Å². The molecule has 0 saturated carbocycles. The molecular formula is C52H28N4S2. The predicted octanol–water partition coefficient (Wildman–Crippen LogP) is 14.7. The maximum Gasteiger partial charge on any atom is 0.236 e. The van der Waals surface area contributed by atoms with Crippen LogP contribution in [0.4, 0.5) is 0 Å². The van der Waals surface area contributed by atoms with Crippen molar-refractivity contribution in [3.8, 4) is 45.1 Å². The van der Waals surface area contributed by atoms with Gasteiger partial charge in [-0.2, -0.15) is 0 Å². The van der Waals surface area contributed by atoms with Gasteiger partial charge in [0.15, 0.2) is 0 Å². The van der Waals surface area contributed by atoms with E-state index in [0.29, 0.717) is 5.95 Å². The lowest BCUT2D eigenvalue weighted by molar-refractivity contribution is 1.02. The molecule has 6 heteroatoms. The van der Waals surface area contributed by atoms with Gasteiger partial charge in [-0.3, -0.25) is 4.57 Å². The third-order valence-corrected chi connectivity index (χ3v) is 14.6. The molecule has 0 atom stereocenters. The van der Waals surface area contributed by atoms with Gasteiger partial charge in [-0.05, 0) is 47.5 Å². The van der Waals surface area contributed by atoms with Gasteiger partial charge in [-0.1, -0.05) is 133 Å². The van der Waals surface area contributed by atoms with Gasteiger partial charge in [0, 0.05) is 73.9 Å². The van der Waals surface area contributed by atoms with Crippen LogP contribution in [-0.2, 0) is 0 Å². The monoisotopic (exact) mass is 772 g/mol. The van der Waals surface area contributed by atoms with Gasteiger partial charge < -0.3 is 4.57 Å². The van der Waals surface area contributed by atoms with E-state index in [4.69, 9.17) is 9.97 Å². The highest BCUT2D eigenvalue weighted by molar-refractivity contribution is 7.26. The van der Waals surface area contributed by atoms with Crippen molar-refractivity contribution in [2.24, 2.45) is 0 Å². The minimum absolute atomic E-state index is 0.679. The second-order valence-electron chi connectivity index (χ2n) is 15.2. The Morgan fingerprint density at radius 3 is 1.86 bits per heavy atom. The molecule has 268 valence electrons. The van der Waals surface area contributed by atoms with E-state index in [9.17, 15) is 0 Å². The number of para-hydroxylation sites is 3. The number of benzene rings is 8. The quantitative estimate of drug-likeness (QED) is 0.175. The number of rotatable bonds is 2. The molecule has 0 bridgehead atoms. The van der Waals surface area contributed by atoms with Crippen molar-refractivity contribution in [3.63, 3.8) is 0 Å². The Labute approximate surface area is 339 Å². The maximum atomic E-state index is 5.73. The summed E-state index contributed by atoms with van der Waals surface area (Å²) in [5, 5.41) is 9.67. The van der Waals surface area contributed by atoms with Crippen LogP contribution in [0.1, 0.15) is 0 Å². The van der Waals surface area contributed by atoms with Gasteiger partial charge in [0.05, 0.1) is 33.4 Å². The highest BCUT2D eigenvalue weighted by Crippen LogP contribution is 2.52. The summed E-state index contributed by atoms with van der Waals surface area (Å²) >= 11 is 3.60. The fourth-order valence-corrected chi connectivity index (χ4v) is 12.3. The molecule has 4 nitrogen and oxygen atoms in total. The van der Waals surface area contributed by atoms with E-state index < -0.39 is 0 Å². The molecule has 0 amide bonds. The van der Waals surface area contributed by atoms with Crippen molar-refractivity contribution >= 4 is 107 Å². The van der Waals surface area contributed by atoms with Crippen LogP contribution in [-0.4, -0.2) is 19.1 Å². The van der Waals surface area contributed by atoms with Gasteiger partial charge in [0.25, 0.3) is 0 Å². The Morgan fingerprint density at radius 1 is 0.397 bits per heavy atom. The van der Waals surface area contributed by atoms with E-state index in [1.54, 1.807) is 11.3 Å². The summed E-state index contributed by atoms with van der Waals surface area (Å²) in [5.74, 6) is 0.679. The summed E-state index contributed by atoms with van der Waals surface area (Å²) in [6.07, 6.45) is 0. The van der Waals surface area contributed by atoms with Crippen LogP contribution in [0.25, 0.3) is 129 Å². The van der Waals surface area contributed by atoms with Gasteiger partial charge in [0.2, 0.25) is 5.95 Å². The van der Waals surface area contributed by atoms with Gasteiger partial charge in [-0.15, -0.1) is 22.7 Å². The first-order valence-corrected chi connectivity index (χ1v) is 21.2. The molecular weight excluding hydrogens is 745 g/mol. The predicted molar refractivity (Wildman–Crippen MR) is 246 cm³/mol. The number of nitrogens with zero attached hydrogens (tertiary/aromatic N) is 4. The summed E-state index contributed by atoms with van der Waals surface area (Å²) in [4.78, 5) is 12.3. The normalized spacial score (nSPS) is 12.5. The van der Waals surface area contributed by atoms with E-state index in [1.165, 1.54) is 90.8 Å². The van der Waals surface area contributed by atoms with Crippen molar-refractivity contribution in [2.45, 2.75) is 0 Å². The van der Waals surface area contributed by atoms with Crippen LogP contribution in [0.2, 0.25) is 0 Å². The standard InChI is InChI=1S/C52H28N4S2/c1-2-18-33-29(14-1)30-15-3-8-23-39(30)55-40-24-9-4-16-31(40)38-28-42-45(46(33)49(38)55)35-19-5-10-25-41(35)56(42)52-53-48(47-36-20-7-12-27-44(36)58-51(47)54-52)37-22-13-21-34-32-17-6-11-26-43(32)57-50(34)37/h1-28H. The molecule has 0 fully saturated rings. The van der Waals surface area contributed by atoms with Gasteiger partial charge in [0.1, 0.15) is 4.83 Å². The Kier molecular flexibility index (Phi) is 6.02. The zero-order valence-electron chi connectivity index (χ0n) is 30.8. The molecule has 0 saturated heterocycles. The third kappa shape index (κ3) is 3.93. The number of hydrogen-bond donors (Lipinski definition) is 0. The Bertz CT molecular complexity index is 3930. The Morgan fingerprint density at radius 2 is 1.02 bits per heavy atom. The van der Waals surface area contributed by atoms with E-state index in [0.717, 1.165) is 32.5 Å². The second kappa shape index (κ2) is 11.3. The molecule has 0 N–H and O–H groups in total. The minimum atomic E-state index is 0.679. The van der Waals surface area contributed by atoms with Gasteiger partial charge >= 0.3 is 0 Å². The average Bonchev–Trinajstić information content (AvgIpc) is 4.01. The second-order valence-corrected chi connectivity index (χ2v) is 17.3. The molecule has 5 aromatic heterocycles. The molecule has 6 heterocycles. The summed E-state index contributed by atoms with van der Waals surface area (Å²) in [6.45, 7) is 0. The first-order chi connectivity index (χ1) is 28.8. The molecule has 14 rings (SSSR count). The molecule has 58 heavy (non-hydrogen) atoms. The van der Waals surface area contributed by atoms with Crippen LogP contribution >= 0.6 is 22.7 Å². The molecule has 1 aliphatic heterocycles. The molecule has 13 aromatic rings. The van der Waals surface area contributed by atoms with Crippen molar-refractivity contribution in [2.75, 3.05) is 0 Å². The molecule has 8 aromatic carbocycles. The lowest BCUT2D eigenvalue weighted by Gasteiger charge is -2.13. The van der Waals surface area contributed by atoms with E-state index in [2.05, 4.69) is 179 Å². The number of hydrogen-bond acceptors (Lipinski definition) is 4. The summed E-state index contributed by atoms with van der Waals surface area (Å²) in [5.41, 5.74) is 12.8. The van der Waals surface area contributed by atoms with Crippen molar-refractivity contribution in [1.29, 1.82) is 0 Å². The van der Waals surface area contributed by atoms with Gasteiger partial charge in [-0.25, -0.2) is 9.97 Å². The summed E-state index contributed by atoms with van der Waals surface area (Å²) in [6, 6.07) is 62.0. The van der Waals surface area contributed by atoms with Crippen LogP contribution in [0.5, 0.6) is 0 Å². The van der Waals surface area contributed by atoms with Crippen LogP contribution in [0.15, 0.2) is 170 Å². The molecule has 0 radical (unpaired) electrons. The summed E-state index contributed by atoms with van der Waals surface area (Å²) in [7, 11) is 0. The Balaban J connectivity index is 1.18. The maximum absolute atomic E-state index is 5.73. The summed E-state index contributed by atoms with van der Waals surface area (Å²) < 4.78 is 8.58. The molecule has 0 aliphatic carbocycles. The van der Waals surface area contributed by atoms with Crippen LogP contribution in [0, 0.1) is 0 Å². The Hall–Kier alpha value is -7.12. The fourth-order valence-electron chi connectivity index (χ4n) is 9.97.